The van der Waals surface area contributed by atoms with Crippen molar-refractivity contribution in [2.75, 3.05) is 6.54 Å². The largest absolute Gasteiger partial charge is 0.420 e. The molecule has 5 heteroatoms. The average molecular weight is 355 g/mol. The summed E-state index contributed by atoms with van der Waals surface area (Å²) < 4.78 is 19.7. The highest BCUT2D eigenvalue weighted by Gasteiger charge is 2.20. The third-order valence-electron chi connectivity index (χ3n) is 4.70. The Morgan fingerprint density at radius 1 is 1.00 bits per heavy atom. The number of carbonyl (C=O) groups excluding carboxylic acids is 2. The number of carbonyl (C=O) groups is 2. The van der Waals surface area contributed by atoms with Gasteiger partial charge in [-0.1, -0.05) is 43.5 Å². The van der Waals surface area contributed by atoms with Gasteiger partial charge >= 0.3 is 5.97 Å². The maximum Gasteiger partial charge on any atom is 0.343 e. The van der Waals surface area contributed by atoms with Crippen molar-refractivity contribution in [2.45, 2.75) is 32.1 Å². The predicted octanol–water partition coefficient (Wildman–Crippen LogP) is 4.36. The van der Waals surface area contributed by atoms with Crippen molar-refractivity contribution < 1.29 is 18.7 Å². The maximum absolute atomic E-state index is 14.6. The molecule has 0 atom stereocenters. The minimum Gasteiger partial charge on any atom is -0.420 e. The van der Waals surface area contributed by atoms with E-state index in [0.29, 0.717) is 18.0 Å². The van der Waals surface area contributed by atoms with Crippen molar-refractivity contribution >= 4 is 11.9 Å². The van der Waals surface area contributed by atoms with Gasteiger partial charge in [0.25, 0.3) is 5.91 Å². The first-order valence-corrected chi connectivity index (χ1v) is 8.99. The minimum absolute atomic E-state index is 0.112. The SMILES string of the molecule is O=C(Oc1cccc(C(=O)NCC2CCCCC2)c1F)c1ccccc1. The number of rotatable bonds is 5. The fraction of sp³-hybridized carbons (Fsp3) is 0.333. The van der Waals surface area contributed by atoms with Gasteiger partial charge < -0.3 is 10.1 Å². The lowest BCUT2D eigenvalue weighted by Crippen LogP contribution is -2.31. The number of hydrogen-bond acceptors (Lipinski definition) is 3. The summed E-state index contributed by atoms with van der Waals surface area (Å²) in [6, 6.07) is 12.6. The molecule has 1 N–H and O–H groups in total. The Kier molecular flexibility index (Phi) is 6.00. The number of ether oxygens (including phenoxy) is 1. The van der Waals surface area contributed by atoms with Crippen LogP contribution in [0.5, 0.6) is 5.75 Å². The van der Waals surface area contributed by atoms with E-state index < -0.39 is 17.7 Å². The van der Waals surface area contributed by atoms with Crippen molar-refractivity contribution in [3.8, 4) is 5.75 Å². The number of hydrogen-bond donors (Lipinski definition) is 1. The third kappa shape index (κ3) is 4.48. The van der Waals surface area contributed by atoms with Crippen LogP contribution in [-0.2, 0) is 0 Å². The van der Waals surface area contributed by atoms with E-state index in [4.69, 9.17) is 4.74 Å². The van der Waals surface area contributed by atoms with E-state index in [2.05, 4.69) is 5.32 Å². The molecule has 0 radical (unpaired) electrons. The second kappa shape index (κ2) is 8.61. The molecule has 2 aromatic rings. The summed E-state index contributed by atoms with van der Waals surface area (Å²) in [6.45, 7) is 0.548. The van der Waals surface area contributed by atoms with Gasteiger partial charge in [-0.3, -0.25) is 4.79 Å². The quantitative estimate of drug-likeness (QED) is 0.641. The Bertz CT molecular complexity index is 770. The summed E-state index contributed by atoms with van der Waals surface area (Å²) >= 11 is 0. The molecule has 4 nitrogen and oxygen atoms in total. The van der Waals surface area contributed by atoms with Crippen molar-refractivity contribution in [1.82, 2.24) is 5.32 Å². The highest BCUT2D eigenvalue weighted by atomic mass is 19.1. The highest BCUT2D eigenvalue weighted by Crippen LogP contribution is 2.24. The first kappa shape index (κ1) is 18.1. The van der Waals surface area contributed by atoms with E-state index in [1.165, 1.54) is 37.5 Å². The van der Waals surface area contributed by atoms with E-state index in [9.17, 15) is 14.0 Å². The average Bonchev–Trinajstić information content (AvgIpc) is 2.69. The first-order chi connectivity index (χ1) is 12.6. The van der Waals surface area contributed by atoms with Crippen LogP contribution in [0.3, 0.4) is 0 Å². The van der Waals surface area contributed by atoms with Gasteiger partial charge in [-0.05, 0) is 43.0 Å². The van der Waals surface area contributed by atoms with Crippen molar-refractivity contribution in [3.63, 3.8) is 0 Å². The summed E-state index contributed by atoms with van der Waals surface area (Å²) in [5.41, 5.74) is 0.207. The zero-order chi connectivity index (χ0) is 18.4. The Hall–Kier alpha value is -2.69. The van der Waals surface area contributed by atoms with Crippen LogP contribution in [-0.4, -0.2) is 18.4 Å². The summed E-state index contributed by atoms with van der Waals surface area (Å²) in [6.07, 6.45) is 5.79. The minimum atomic E-state index is -0.821. The van der Waals surface area contributed by atoms with Gasteiger partial charge in [0.05, 0.1) is 11.1 Å². The topological polar surface area (TPSA) is 55.4 Å². The molecule has 1 aliphatic rings. The molecule has 0 heterocycles. The molecule has 1 aliphatic carbocycles. The smallest absolute Gasteiger partial charge is 0.343 e. The lowest BCUT2D eigenvalue weighted by Gasteiger charge is -2.21. The molecule has 2 aromatic carbocycles. The molecule has 0 unspecified atom stereocenters. The molecule has 1 saturated carbocycles. The van der Waals surface area contributed by atoms with Gasteiger partial charge in [0.2, 0.25) is 0 Å². The molecule has 3 rings (SSSR count). The van der Waals surface area contributed by atoms with Gasteiger partial charge in [-0.15, -0.1) is 0 Å². The van der Waals surface area contributed by atoms with E-state index in [0.717, 1.165) is 12.8 Å². The lowest BCUT2D eigenvalue weighted by molar-refractivity contribution is 0.0725. The van der Waals surface area contributed by atoms with Crippen LogP contribution < -0.4 is 10.1 Å². The summed E-state index contributed by atoms with van der Waals surface area (Å²) in [4.78, 5) is 24.4. The number of esters is 1. The van der Waals surface area contributed by atoms with Gasteiger partial charge in [0.15, 0.2) is 11.6 Å². The molecule has 0 aliphatic heterocycles. The number of benzene rings is 2. The molecule has 136 valence electrons. The summed E-state index contributed by atoms with van der Waals surface area (Å²) in [5.74, 6) is -1.76. The Morgan fingerprint density at radius 2 is 1.73 bits per heavy atom. The fourth-order valence-electron chi connectivity index (χ4n) is 3.22. The second-order valence-corrected chi connectivity index (χ2v) is 6.59. The van der Waals surface area contributed by atoms with Gasteiger partial charge in [-0.2, -0.15) is 0 Å². The summed E-state index contributed by atoms with van der Waals surface area (Å²) in [7, 11) is 0. The molecule has 0 saturated heterocycles. The number of halogens is 1. The zero-order valence-electron chi connectivity index (χ0n) is 14.5. The van der Waals surface area contributed by atoms with E-state index in [1.807, 2.05) is 0 Å². The van der Waals surface area contributed by atoms with Crippen LogP contribution in [0.15, 0.2) is 48.5 Å². The van der Waals surface area contributed by atoms with Crippen LogP contribution in [0.4, 0.5) is 4.39 Å². The maximum atomic E-state index is 14.6. The number of amides is 1. The third-order valence-corrected chi connectivity index (χ3v) is 4.70. The molecule has 1 amide bonds. The Morgan fingerprint density at radius 3 is 2.46 bits per heavy atom. The molecule has 0 spiro atoms. The molecule has 1 fully saturated rings. The Balaban J connectivity index is 1.66. The number of nitrogens with one attached hydrogen (secondary N) is 1. The van der Waals surface area contributed by atoms with Gasteiger partial charge in [0.1, 0.15) is 0 Å². The normalized spacial score (nSPS) is 14.7. The van der Waals surface area contributed by atoms with Crippen molar-refractivity contribution in [2.24, 2.45) is 5.92 Å². The van der Waals surface area contributed by atoms with Crippen LogP contribution in [0.1, 0.15) is 52.8 Å². The molecular weight excluding hydrogens is 333 g/mol. The van der Waals surface area contributed by atoms with Gasteiger partial charge in [0, 0.05) is 6.54 Å². The first-order valence-electron chi connectivity index (χ1n) is 8.99. The van der Waals surface area contributed by atoms with Crippen molar-refractivity contribution in [3.05, 3.63) is 65.5 Å². The van der Waals surface area contributed by atoms with Crippen LogP contribution >= 0.6 is 0 Å². The standard InChI is InChI=1S/C21H22FNO3/c22-19-17(20(24)23-14-15-8-3-1-4-9-15)12-7-13-18(19)26-21(25)16-10-5-2-6-11-16/h2,5-7,10-13,15H,1,3-4,8-9,14H2,(H,23,24). The lowest BCUT2D eigenvalue weighted by atomic mass is 9.89. The zero-order valence-corrected chi connectivity index (χ0v) is 14.5. The molecule has 26 heavy (non-hydrogen) atoms. The monoisotopic (exact) mass is 355 g/mol. The van der Waals surface area contributed by atoms with Crippen LogP contribution in [0, 0.1) is 11.7 Å². The Labute approximate surface area is 152 Å². The van der Waals surface area contributed by atoms with E-state index in [1.54, 1.807) is 30.3 Å². The second-order valence-electron chi connectivity index (χ2n) is 6.59. The van der Waals surface area contributed by atoms with Crippen LogP contribution in [0.25, 0.3) is 0 Å². The van der Waals surface area contributed by atoms with E-state index >= 15 is 0 Å². The predicted molar refractivity (Wildman–Crippen MR) is 96.7 cm³/mol. The fourth-order valence-corrected chi connectivity index (χ4v) is 3.22. The summed E-state index contributed by atoms with van der Waals surface area (Å²) in [5, 5.41) is 2.80. The van der Waals surface area contributed by atoms with Crippen molar-refractivity contribution in [1.29, 1.82) is 0 Å². The molecule has 0 aromatic heterocycles. The molecule has 0 bridgehead atoms. The molecular formula is C21H22FNO3. The van der Waals surface area contributed by atoms with Crippen LogP contribution in [0.2, 0.25) is 0 Å². The van der Waals surface area contributed by atoms with Gasteiger partial charge in [-0.25, -0.2) is 9.18 Å². The highest BCUT2D eigenvalue weighted by molar-refractivity contribution is 5.95. The van der Waals surface area contributed by atoms with E-state index in [-0.39, 0.29) is 11.3 Å².